The van der Waals surface area contributed by atoms with Crippen LogP contribution >= 0.6 is 0 Å². The highest BCUT2D eigenvalue weighted by atomic mass is 32.2. The predicted octanol–water partition coefficient (Wildman–Crippen LogP) is 1.43. The zero-order valence-corrected chi connectivity index (χ0v) is 22.7. The number of nitrogens with zero attached hydrogens (tertiary/aromatic N) is 2. The number of nitrogens with one attached hydrogen (secondary N) is 2. The molecule has 0 unspecified atom stereocenters. The lowest BCUT2D eigenvalue weighted by atomic mass is 10.0. The van der Waals surface area contributed by atoms with Gasteiger partial charge in [0.2, 0.25) is 11.8 Å². The van der Waals surface area contributed by atoms with Crippen LogP contribution in [0.15, 0.2) is 30.3 Å². The minimum atomic E-state index is -3.99. The minimum absolute atomic E-state index is 0.0553. The van der Waals surface area contributed by atoms with Crippen LogP contribution in [-0.2, 0) is 37.3 Å². The van der Waals surface area contributed by atoms with E-state index in [1.165, 1.54) is 13.8 Å². The third kappa shape index (κ3) is 9.34. The number of nitrogens with two attached hydrogens (primary N) is 1. The van der Waals surface area contributed by atoms with Crippen LogP contribution < -0.4 is 16.4 Å². The Bertz CT molecular complexity index is 1160. The quantitative estimate of drug-likeness (QED) is 0.293. The number of amides is 2. The normalized spacial score (nSPS) is 12.8. The molecule has 37 heavy (non-hydrogen) atoms. The van der Waals surface area contributed by atoms with E-state index in [1.54, 1.807) is 0 Å². The van der Waals surface area contributed by atoms with Crippen molar-refractivity contribution in [2.24, 2.45) is 11.7 Å². The molecular formula is C24H37N5O7S. The molecule has 1 heterocycles. The van der Waals surface area contributed by atoms with Gasteiger partial charge in [-0.05, 0) is 25.3 Å². The van der Waals surface area contributed by atoms with E-state index >= 15 is 0 Å². The number of carbonyl (C=O) groups is 2. The molecule has 0 aliphatic heterocycles. The third-order valence-corrected chi connectivity index (χ3v) is 6.01. The SMILES string of the molecule is CC(C)CNC(=O)OCCc1c([C@H](COCc2ccccc2)NC(=O)C(C)(C)N)nn(S(C)(=O)=O)c1O. The second kappa shape index (κ2) is 12.9. The van der Waals surface area contributed by atoms with E-state index in [4.69, 9.17) is 15.2 Å². The first-order valence-electron chi connectivity index (χ1n) is 11.8. The molecule has 12 nitrogen and oxygen atoms in total. The highest BCUT2D eigenvalue weighted by Crippen LogP contribution is 2.29. The Morgan fingerprint density at radius 1 is 1.22 bits per heavy atom. The van der Waals surface area contributed by atoms with Gasteiger partial charge in [0.15, 0.2) is 0 Å². The molecule has 0 fully saturated rings. The molecule has 1 aromatic heterocycles. The van der Waals surface area contributed by atoms with Gasteiger partial charge in [-0.3, -0.25) is 4.79 Å². The van der Waals surface area contributed by atoms with E-state index in [-0.39, 0.29) is 43.4 Å². The molecule has 206 valence electrons. The molecule has 5 N–H and O–H groups in total. The maximum atomic E-state index is 12.7. The standard InChI is InChI=1S/C24H37N5O7S/c1-16(2)13-26-23(32)36-12-11-18-20(28-29(21(18)30)37(5,33)34)19(27-22(31)24(3,4)25)15-35-14-17-9-7-6-8-10-17/h6-10,16,19,30H,11-15,25H2,1-5H3,(H,26,32)(H,27,31)/t19-/m0/s1. The van der Waals surface area contributed by atoms with Gasteiger partial charge in [-0.15, -0.1) is 4.09 Å². The van der Waals surface area contributed by atoms with Gasteiger partial charge in [0.05, 0.1) is 43.4 Å². The first-order valence-corrected chi connectivity index (χ1v) is 13.7. The van der Waals surface area contributed by atoms with Crippen molar-refractivity contribution in [2.75, 3.05) is 26.0 Å². The number of aromatic nitrogens is 2. The molecule has 2 amide bonds. The van der Waals surface area contributed by atoms with Crippen LogP contribution in [0.5, 0.6) is 5.88 Å². The Hall–Kier alpha value is -3.16. The average molecular weight is 540 g/mol. The maximum absolute atomic E-state index is 12.7. The van der Waals surface area contributed by atoms with E-state index in [1.807, 2.05) is 44.2 Å². The largest absolute Gasteiger partial charge is 0.493 e. The fraction of sp³-hybridized carbons (Fsp3) is 0.542. The number of hydrogen-bond acceptors (Lipinski definition) is 9. The summed E-state index contributed by atoms with van der Waals surface area (Å²) in [6.07, 6.45) is 0.167. The molecule has 0 saturated heterocycles. The molecule has 0 saturated carbocycles. The van der Waals surface area contributed by atoms with Crippen molar-refractivity contribution in [2.45, 2.75) is 52.3 Å². The van der Waals surface area contributed by atoms with Crippen molar-refractivity contribution in [3.05, 3.63) is 47.2 Å². The number of alkyl carbamates (subject to hydrolysis) is 1. The molecule has 13 heteroatoms. The summed E-state index contributed by atoms with van der Waals surface area (Å²) in [5.41, 5.74) is 5.72. The number of ether oxygens (including phenoxy) is 2. The molecule has 1 atom stereocenters. The highest BCUT2D eigenvalue weighted by molar-refractivity contribution is 7.89. The van der Waals surface area contributed by atoms with E-state index in [9.17, 15) is 23.1 Å². The van der Waals surface area contributed by atoms with Gasteiger partial charge in [0.25, 0.3) is 10.0 Å². The second-order valence-corrected chi connectivity index (χ2v) is 11.5. The van der Waals surface area contributed by atoms with Crippen LogP contribution in [0.1, 0.15) is 50.6 Å². The van der Waals surface area contributed by atoms with Crippen molar-refractivity contribution < 1.29 is 32.6 Å². The molecule has 1 aromatic carbocycles. The highest BCUT2D eigenvalue weighted by Gasteiger charge is 2.32. The Balaban J connectivity index is 2.33. The molecular weight excluding hydrogens is 502 g/mol. The van der Waals surface area contributed by atoms with Crippen molar-refractivity contribution >= 4 is 22.0 Å². The van der Waals surface area contributed by atoms with Gasteiger partial charge in [-0.2, -0.15) is 5.10 Å². The smallest absolute Gasteiger partial charge is 0.407 e. The molecule has 2 rings (SSSR count). The summed E-state index contributed by atoms with van der Waals surface area (Å²) >= 11 is 0. The lowest BCUT2D eigenvalue weighted by Crippen LogP contribution is -2.50. The van der Waals surface area contributed by atoms with Crippen LogP contribution in [-0.4, -0.2) is 66.3 Å². The number of carbonyl (C=O) groups excluding carboxylic acids is 2. The lowest BCUT2D eigenvalue weighted by Gasteiger charge is -2.24. The summed E-state index contributed by atoms with van der Waals surface area (Å²) in [7, 11) is -3.99. The zero-order chi connectivity index (χ0) is 27.8. The van der Waals surface area contributed by atoms with Crippen molar-refractivity contribution in [3.63, 3.8) is 0 Å². The molecule has 0 radical (unpaired) electrons. The zero-order valence-electron chi connectivity index (χ0n) is 21.9. The molecule has 2 aromatic rings. The predicted molar refractivity (Wildman–Crippen MR) is 137 cm³/mol. The molecule has 0 bridgehead atoms. The monoisotopic (exact) mass is 539 g/mol. The van der Waals surface area contributed by atoms with Crippen LogP contribution in [0.3, 0.4) is 0 Å². The fourth-order valence-electron chi connectivity index (χ4n) is 3.17. The number of aromatic hydroxyl groups is 1. The van der Waals surface area contributed by atoms with Gasteiger partial charge >= 0.3 is 6.09 Å². The van der Waals surface area contributed by atoms with Gasteiger partial charge in [-0.1, -0.05) is 44.2 Å². The van der Waals surface area contributed by atoms with Crippen LogP contribution in [0.4, 0.5) is 4.79 Å². The van der Waals surface area contributed by atoms with Crippen LogP contribution in [0.25, 0.3) is 0 Å². The Morgan fingerprint density at radius 2 is 1.86 bits per heavy atom. The van der Waals surface area contributed by atoms with Crippen LogP contribution in [0.2, 0.25) is 0 Å². The Morgan fingerprint density at radius 3 is 2.43 bits per heavy atom. The van der Waals surface area contributed by atoms with Crippen molar-refractivity contribution in [3.8, 4) is 5.88 Å². The average Bonchev–Trinajstić information content (AvgIpc) is 3.13. The lowest BCUT2D eigenvalue weighted by molar-refractivity contribution is -0.126. The molecule has 0 aliphatic carbocycles. The summed E-state index contributed by atoms with van der Waals surface area (Å²) in [5.74, 6) is -0.953. The first kappa shape index (κ1) is 30.1. The third-order valence-electron chi connectivity index (χ3n) is 5.13. The van der Waals surface area contributed by atoms with Crippen LogP contribution in [0, 0.1) is 5.92 Å². The molecule has 0 spiro atoms. The van der Waals surface area contributed by atoms with Crippen molar-refractivity contribution in [1.29, 1.82) is 0 Å². The van der Waals surface area contributed by atoms with Gasteiger partial charge in [0.1, 0.15) is 0 Å². The number of hydrogen-bond donors (Lipinski definition) is 4. The van der Waals surface area contributed by atoms with Gasteiger partial charge < -0.3 is 30.9 Å². The summed E-state index contributed by atoms with van der Waals surface area (Å²) in [4.78, 5) is 24.7. The Labute approximate surface area is 217 Å². The summed E-state index contributed by atoms with van der Waals surface area (Å²) in [5, 5.41) is 20.1. The second-order valence-electron chi connectivity index (χ2n) is 9.70. The van der Waals surface area contributed by atoms with E-state index in [2.05, 4.69) is 15.7 Å². The number of rotatable bonds is 13. The Kier molecular flexibility index (Phi) is 10.5. The topological polar surface area (TPSA) is 175 Å². The summed E-state index contributed by atoms with van der Waals surface area (Å²) in [6.45, 7) is 7.26. The van der Waals surface area contributed by atoms with E-state index in [0.29, 0.717) is 10.6 Å². The summed E-state index contributed by atoms with van der Waals surface area (Å²) in [6, 6.07) is 8.36. The van der Waals surface area contributed by atoms with E-state index < -0.39 is 39.5 Å². The van der Waals surface area contributed by atoms with Gasteiger partial charge in [0, 0.05) is 18.5 Å². The maximum Gasteiger partial charge on any atom is 0.407 e. The molecule has 0 aliphatic rings. The first-order chi connectivity index (χ1) is 17.2. The number of benzene rings is 1. The van der Waals surface area contributed by atoms with Gasteiger partial charge in [-0.25, -0.2) is 13.2 Å². The summed E-state index contributed by atoms with van der Waals surface area (Å²) < 4.78 is 36.0. The fourth-order valence-corrected chi connectivity index (χ4v) is 3.83. The van der Waals surface area contributed by atoms with Crippen molar-refractivity contribution in [1.82, 2.24) is 19.8 Å². The minimum Gasteiger partial charge on any atom is -0.493 e. The van der Waals surface area contributed by atoms with E-state index in [0.717, 1.165) is 11.8 Å².